The Morgan fingerprint density at radius 2 is 2.16 bits per heavy atom. The molecule has 1 atom stereocenters. The molecule has 1 aliphatic heterocycles. The van der Waals surface area contributed by atoms with Crippen LogP contribution in [0.25, 0.3) is 10.9 Å². The zero-order chi connectivity index (χ0) is 13.4. The van der Waals surface area contributed by atoms with E-state index in [1.54, 1.807) is 0 Å². The quantitative estimate of drug-likeness (QED) is 0.889. The fourth-order valence-electron chi connectivity index (χ4n) is 2.50. The first kappa shape index (κ1) is 11.9. The van der Waals surface area contributed by atoms with E-state index in [0.29, 0.717) is 25.5 Å². The van der Waals surface area contributed by atoms with E-state index in [0.717, 1.165) is 16.6 Å². The molecule has 5 heteroatoms. The maximum absolute atomic E-state index is 11.0. The van der Waals surface area contributed by atoms with Crippen molar-refractivity contribution < 1.29 is 9.90 Å². The third-order valence-corrected chi connectivity index (χ3v) is 3.60. The van der Waals surface area contributed by atoms with Crippen molar-refractivity contribution in [3.63, 3.8) is 0 Å². The number of carbonyl (C=O) groups is 1. The van der Waals surface area contributed by atoms with E-state index < -0.39 is 5.97 Å². The first-order valence-electron chi connectivity index (χ1n) is 6.36. The number of aryl methyl sites for hydroxylation is 1. The Morgan fingerprint density at radius 3 is 2.89 bits per heavy atom. The monoisotopic (exact) mass is 257 g/mol. The minimum absolute atomic E-state index is 0.310. The van der Waals surface area contributed by atoms with Crippen LogP contribution in [0.2, 0.25) is 0 Å². The largest absolute Gasteiger partial charge is 0.481 e. The molecule has 19 heavy (non-hydrogen) atoms. The number of para-hydroxylation sites is 1. The highest BCUT2D eigenvalue weighted by atomic mass is 16.4. The van der Waals surface area contributed by atoms with Crippen LogP contribution in [-0.2, 0) is 4.79 Å². The van der Waals surface area contributed by atoms with Gasteiger partial charge in [-0.15, -0.1) is 0 Å². The van der Waals surface area contributed by atoms with E-state index in [9.17, 15) is 4.79 Å². The van der Waals surface area contributed by atoms with Crippen molar-refractivity contribution in [1.29, 1.82) is 0 Å². The first-order chi connectivity index (χ1) is 9.15. The Labute approximate surface area is 110 Å². The van der Waals surface area contributed by atoms with Gasteiger partial charge in [-0.05, 0) is 19.4 Å². The van der Waals surface area contributed by atoms with E-state index in [4.69, 9.17) is 5.11 Å². The Hall–Kier alpha value is -2.17. The Balaban J connectivity index is 1.96. The number of fused-ring (bicyclic) bond motifs is 1. The van der Waals surface area contributed by atoms with Gasteiger partial charge in [0.15, 0.2) is 0 Å². The minimum Gasteiger partial charge on any atom is -0.481 e. The summed E-state index contributed by atoms with van der Waals surface area (Å²) < 4.78 is 0. The smallest absolute Gasteiger partial charge is 0.308 e. The number of nitrogens with zero attached hydrogens (tertiary/aromatic N) is 3. The van der Waals surface area contributed by atoms with Crippen molar-refractivity contribution in [3.8, 4) is 0 Å². The molecule has 0 spiro atoms. The molecule has 0 aliphatic carbocycles. The predicted molar refractivity (Wildman–Crippen MR) is 72.2 cm³/mol. The van der Waals surface area contributed by atoms with Gasteiger partial charge in [0.1, 0.15) is 0 Å². The molecule has 1 aliphatic rings. The molecule has 1 aromatic carbocycles. The molecule has 1 saturated heterocycles. The van der Waals surface area contributed by atoms with Crippen molar-refractivity contribution >= 4 is 22.8 Å². The molecule has 0 radical (unpaired) electrons. The number of carboxylic acid groups (broad SMARTS) is 1. The second-order valence-electron chi connectivity index (χ2n) is 4.90. The summed E-state index contributed by atoms with van der Waals surface area (Å²) in [6, 6.07) is 7.87. The molecule has 3 rings (SSSR count). The molecule has 1 aromatic heterocycles. The second kappa shape index (κ2) is 4.50. The lowest BCUT2D eigenvalue weighted by Gasteiger charge is -2.16. The Morgan fingerprint density at radius 1 is 1.37 bits per heavy atom. The molecule has 0 saturated carbocycles. The summed E-state index contributed by atoms with van der Waals surface area (Å²) in [6.07, 6.45) is 0.657. The van der Waals surface area contributed by atoms with E-state index in [1.165, 1.54) is 0 Å². The lowest BCUT2D eigenvalue weighted by Crippen LogP contribution is -2.24. The van der Waals surface area contributed by atoms with Crippen LogP contribution in [-0.4, -0.2) is 34.1 Å². The normalized spacial score (nSPS) is 19.0. The number of anilines is 1. The first-order valence-corrected chi connectivity index (χ1v) is 6.36. The highest BCUT2D eigenvalue weighted by Gasteiger charge is 2.29. The average Bonchev–Trinajstić information content (AvgIpc) is 2.88. The highest BCUT2D eigenvalue weighted by molar-refractivity contribution is 5.81. The molecule has 2 heterocycles. The van der Waals surface area contributed by atoms with Gasteiger partial charge >= 0.3 is 5.97 Å². The van der Waals surface area contributed by atoms with Gasteiger partial charge in [-0.2, -0.15) is 0 Å². The van der Waals surface area contributed by atoms with Crippen molar-refractivity contribution in [2.45, 2.75) is 13.3 Å². The maximum Gasteiger partial charge on any atom is 0.308 e. The second-order valence-corrected chi connectivity index (χ2v) is 4.90. The summed E-state index contributed by atoms with van der Waals surface area (Å²) in [5.74, 6) is -0.407. The van der Waals surface area contributed by atoms with E-state index >= 15 is 0 Å². The van der Waals surface area contributed by atoms with Gasteiger partial charge in [-0.3, -0.25) is 4.79 Å². The molecular formula is C14H15N3O2. The molecule has 1 N–H and O–H groups in total. The molecule has 0 amide bonds. The van der Waals surface area contributed by atoms with Crippen molar-refractivity contribution in [2.24, 2.45) is 5.92 Å². The highest BCUT2D eigenvalue weighted by Crippen LogP contribution is 2.24. The van der Waals surface area contributed by atoms with Gasteiger partial charge in [0.25, 0.3) is 0 Å². The van der Waals surface area contributed by atoms with Crippen LogP contribution in [0.5, 0.6) is 0 Å². The van der Waals surface area contributed by atoms with E-state index in [2.05, 4.69) is 9.97 Å². The van der Waals surface area contributed by atoms with Gasteiger partial charge in [0.2, 0.25) is 5.95 Å². The van der Waals surface area contributed by atoms with Gasteiger partial charge in [0, 0.05) is 18.5 Å². The standard InChI is InChI=1S/C14H15N3O2/c1-9-11-4-2-3-5-12(11)16-14(15-9)17-7-6-10(8-17)13(18)19/h2-5,10H,6-8H2,1H3,(H,18,19). The number of aromatic nitrogens is 2. The van der Waals surface area contributed by atoms with Crippen LogP contribution in [0.3, 0.4) is 0 Å². The fourth-order valence-corrected chi connectivity index (χ4v) is 2.50. The number of aliphatic carboxylic acids is 1. The van der Waals surface area contributed by atoms with Gasteiger partial charge < -0.3 is 10.0 Å². The van der Waals surface area contributed by atoms with Gasteiger partial charge in [-0.25, -0.2) is 9.97 Å². The van der Waals surface area contributed by atoms with Crippen LogP contribution in [0.4, 0.5) is 5.95 Å². The van der Waals surface area contributed by atoms with Gasteiger partial charge in [-0.1, -0.05) is 18.2 Å². The molecule has 98 valence electrons. The maximum atomic E-state index is 11.0. The summed E-state index contributed by atoms with van der Waals surface area (Å²) in [5.41, 5.74) is 1.84. The summed E-state index contributed by atoms with van der Waals surface area (Å²) >= 11 is 0. The van der Waals surface area contributed by atoms with Crippen LogP contribution >= 0.6 is 0 Å². The molecule has 5 nitrogen and oxygen atoms in total. The number of rotatable bonds is 2. The average molecular weight is 257 g/mol. The van der Waals surface area contributed by atoms with Crippen LogP contribution in [0.15, 0.2) is 24.3 Å². The zero-order valence-electron chi connectivity index (χ0n) is 10.7. The number of benzene rings is 1. The molecule has 2 aromatic rings. The Kier molecular flexibility index (Phi) is 2.81. The number of hydrogen-bond donors (Lipinski definition) is 1. The molecule has 1 unspecified atom stereocenters. The van der Waals surface area contributed by atoms with Crippen molar-refractivity contribution in [1.82, 2.24) is 9.97 Å². The zero-order valence-corrected chi connectivity index (χ0v) is 10.7. The minimum atomic E-state index is -0.736. The van der Waals surface area contributed by atoms with Crippen LogP contribution in [0, 0.1) is 12.8 Å². The third kappa shape index (κ3) is 2.12. The number of hydrogen-bond acceptors (Lipinski definition) is 4. The fraction of sp³-hybridized carbons (Fsp3) is 0.357. The lowest BCUT2D eigenvalue weighted by atomic mass is 10.1. The van der Waals surface area contributed by atoms with Crippen LogP contribution < -0.4 is 4.90 Å². The lowest BCUT2D eigenvalue weighted by molar-refractivity contribution is -0.140. The van der Waals surface area contributed by atoms with Crippen LogP contribution in [0.1, 0.15) is 12.1 Å². The van der Waals surface area contributed by atoms with Gasteiger partial charge in [0.05, 0.1) is 17.1 Å². The third-order valence-electron chi connectivity index (χ3n) is 3.60. The summed E-state index contributed by atoms with van der Waals surface area (Å²) in [6.45, 7) is 3.15. The summed E-state index contributed by atoms with van der Waals surface area (Å²) in [4.78, 5) is 22.0. The summed E-state index contributed by atoms with van der Waals surface area (Å²) in [7, 11) is 0. The molecule has 1 fully saturated rings. The Bertz CT molecular complexity index is 642. The summed E-state index contributed by atoms with van der Waals surface area (Å²) in [5, 5.41) is 10.1. The topological polar surface area (TPSA) is 66.3 Å². The molecule has 0 bridgehead atoms. The van der Waals surface area contributed by atoms with Crippen molar-refractivity contribution in [3.05, 3.63) is 30.0 Å². The van der Waals surface area contributed by atoms with Crippen molar-refractivity contribution in [2.75, 3.05) is 18.0 Å². The molecular weight excluding hydrogens is 242 g/mol. The predicted octanol–water partition coefficient (Wildman–Crippen LogP) is 1.85. The van der Waals surface area contributed by atoms with E-state index in [1.807, 2.05) is 36.1 Å². The SMILES string of the molecule is Cc1nc(N2CCC(C(=O)O)C2)nc2ccccc12. The van der Waals surface area contributed by atoms with E-state index in [-0.39, 0.29) is 5.92 Å². The number of carboxylic acids is 1.